The van der Waals surface area contributed by atoms with Crippen LogP contribution in [0.15, 0.2) is 24.3 Å². The lowest BCUT2D eigenvalue weighted by molar-refractivity contribution is -0.148. The van der Waals surface area contributed by atoms with Crippen molar-refractivity contribution in [1.29, 1.82) is 0 Å². The second-order valence-corrected chi connectivity index (χ2v) is 8.38. The molecule has 4 heteroatoms. The Bertz CT molecular complexity index is 614. The summed E-state index contributed by atoms with van der Waals surface area (Å²) in [7, 11) is 0. The lowest BCUT2D eigenvalue weighted by Crippen LogP contribution is -2.22. The Morgan fingerprint density at radius 2 is 1.52 bits per heavy atom. The molecule has 1 aromatic rings. The molecule has 164 valence electrons. The summed E-state index contributed by atoms with van der Waals surface area (Å²) >= 11 is 0. The lowest BCUT2D eigenvalue weighted by Gasteiger charge is -2.18. The van der Waals surface area contributed by atoms with E-state index in [1.165, 1.54) is 44.6 Å². The minimum Gasteiger partial charge on any atom is -0.494 e. The maximum atomic E-state index is 12.1. The molecule has 0 fully saturated rings. The Morgan fingerprint density at radius 1 is 0.897 bits per heavy atom. The second kappa shape index (κ2) is 14.1. The maximum Gasteiger partial charge on any atom is 0.331 e. The van der Waals surface area contributed by atoms with E-state index in [9.17, 15) is 4.79 Å². The minimum atomic E-state index is -0.510. The van der Waals surface area contributed by atoms with Crippen LogP contribution in [0.4, 0.5) is 0 Å². The van der Waals surface area contributed by atoms with Gasteiger partial charge < -0.3 is 14.2 Å². The first-order valence-corrected chi connectivity index (χ1v) is 11.2. The van der Waals surface area contributed by atoms with Crippen LogP contribution in [0, 0.1) is 0 Å². The molecule has 0 aromatic heterocycles. The maximum absolute atomic E-state index is 12.1. The highest BCUT2D eigenvalue weighted by Gasteiger charge is 2.14. The minimum absolute atomic E-state index is 0.364. The van der Waals surface area contributed by atoms with Gasteiger partial charge in [0.15, 0.2) is 0 Å². The summed E-state index contributed by atoms with van der Waals surface area (Å²) in [6, 6.07) is 5.80. The van der Waals surface area contributed by atoms with Crippen LogP contribution in [0.5, 0.6) is 11.5 Å². The smallest absolute Gasteiger partial charge is 0.331 e. The molecular formula is C25H40O4. The number of benzene rings is 1. The molecule has 4 nitrogen and oxygen atoms in total. The van der Waals surface area contributed by atoms with E-state index < -0.39 is 5.60 Å². The average Bonchev–Trinajstić information content (AvgIpc) is 2.65. The van der Waals surface area contributed by atoms with Crippen LogP contribution in [-0.2, 0) is 9.53 Å². The Morgan fingerprint density at radius 3 is 2.10 bits per heavy atom. The zero-order valence-electron chi connectivity index (χ0n) is 19.1. The quantitative estimate of drug-likeness (QED) is 0.191. The largest absolute Gasteiger partial charge is 0.494 e. The molecule has 0 aliphatic heterocycles. The van der Waals surface area contributed by atoms with Crippen molar-refractivity contribution in [2.45, 2.75) is 91.6 Å². The van der Waals surface area contributed by atoms with E-state index in [4.69, 9.17) is 14.2 Å². The summed E-state index contributed by atoms with van der Waals surface area (Å²) in [6.07, 6.45) is 12.5. The van der Waals surface area contributed by atoms with Gasteiger partial charge in [0.2, 0.25) is 0 Å². The van der Waals surface area contributed by atoms with Crippen molar-refractivity contribution in [3.63, 3.8) is 0 Å². The first-order chi connectivity index (χ1) is 13.9. The van der Waals surface area contributed by atoms with Crippen LogP contribution >= 0.6 is 0 Å². The monoisotopic (exact) mass is 404 g/mol. The number of ether oxygens (including phenoxy) is 3. The Labute approximate surface area is 177 Å². The second-order valence-electron chi connectivity index (χ2n) is 8.38. The van der Waals surface area contributed by atoms with Gasteiger partial charge in [0.1, 0.15) is 17.1 Å². The Kier molecular flexibility index (Phi) is 12.2. The van der Waals surface area contributed by atoms with Crippen LogP contribution in [-0.4, -0.2) is 24.8 Å². The lowest BCUT2D eigenvalue weighted by atomic mass is 10.1. The summed E-state index contributed by atoms with van der Waals surface area (Å²) in [6.45, 7) is 11.3. The van der Waals surface area contributed by atoms with Gasteiger partial charge in [0.25, 0.3) is 0 Å². The number of rotatable bonds is 14. The van der Waals surface area contributed by atoms with Crippen LogP contribution in [0.1, 0.15) is 91.5 Å². The predicted octanol–water partition coefficient (Wildman–Crippen LogP) is 6.96. The van der Waals surface area contributed by atoms with Gasteiger partial charge in [0.05, 0.1) is 13.2 Å². The Hall–Kier alpha value is -1.97. The molecule has 1 aromatic carbocycles. The molecule has 1 rings (SSSR count). The van der Waals surface area contributed by atoms with E-state index in [1.54, 1.807) is 6.08 Å². The molecule has 0 atom stereocenters. The molecule has 0 bridgehead atoms. The van der Waals surface area contributed by atoms with E-state index in [0.717, 1.165) is 29.9 Å². The standard InChI is InChI=1S/C25H40O4/c1-6-8-10-12-18-27-22-15-16-23(28-19-13-11-9-7-2)21(20-22)14-17-24(26)29-25(3,4)5/h14-17,20H,6-13,18-19H2,1-5H3. The fourth-order valence-electron chi connectivity index (χ4n) is 2.80. The molecule has 0 spiro atoms. The van der Waals surface area contributed by atoms with Crippen LogP contribution < -0.4 is 9.47 Å². The van der Waals surface area contributed by atoms with Gasteiger partial charge in [0, 0.05) is 11.6 Å². The normalized spacial score (nSPS) is 11.6. The summed E-state index contributed by atoms with van der Waals surface area (Å²) in [5, 5.41) is 0. The van der Waals surface area contributed by atoms with Crippen molar-refractivity contribution < 1.29 is 19.0 Å². The van der Waals surface area contributed by atoms with Crippen molar-refractivity contribution in [2.24, 2.45) is 0 Å². The molecule has 0 N–H and O–H groups in total. The zero-order valence-corrected chi connectivity index (χ0v) is 19.1. The Balaban J connectivity index is 2.77. The molecule has 0 saturated heterocycles. The molecule has 0 aliphatic carbocycles. The van der Waals surface area contributed by atoms with E-state index in [2.05, 4.69) is 13.8 Å². The third-order valence-electron chi connectivity index (χ3n) is 4.31. The van der Waals surface area contributed by atoms with Gasteiger partial charge >= 0.3 is 5.97 Å². The number of unbranched alkanes of at least 4 members (excludes halogenated alkanes) is 6. The van der Waals surface area contributed by atoms with Crippen LogP contribution in [0.3, 0.4) is 0 Å². The summed E-state index contributed by atoms with van der Waals surface area (Å²) in [5.74, 6) is 1.19. The van der Waals surface area contributed by atoms with Gasteiger partial charge in [-0.15, -0.1) is 0 Å². The SMILES string of the molecule is CCCCCCOc1ccc(OCCCCCC)c(C=CC(=O)OC(C)(C)C)c1. The van der Waals surface area contributed by atoms with Crippen LogP contribution in [0.2, 0.25) is 0 Å². The number of esters is 1. The molecule has 0 aliphatic rings. The van der Waals surface area contributed by atoms with Gasteiger partial charge in [-0.25, -0.2) is 4.79 Å². The van der Waals surface area contributed by atoms with Crippen molar-refractivity contribution in [1.82, 2.24) is 0 Å². The molecule has 0 radical (unpaired) electrons. The van der Waals surface area contributed by atoms with E-state index in [0.29, 0.717) is 13.2 Å². The number of carbonyl (C=O) groups is 1. The first kappa shape index (κ1) is 25.1. The zero-order chi connectivity index (χ0) is 21.5. The van der Waals surface area contributed by atoms with Crippen molar-refractivity contribution in [3.8, 4) is 11.5 Å². The van der Waals surface area contributed by atoms with E-state index in [-0.39, 0.29) is 5.97 Å². The number of carbonyl (C=O) groups excluding carboxylic acids is 1. The fraction of sp³-hybridized carbons (Fsp3) is 0.640. The topological polar surface area (TPSA) is 44.8 Å². The molecular weight excluding hydrogens is 364 g/mol. The van der Waals surface area contributed by atoms with Gasteiger partial charge in [-0.05, 0) is 57.9 Å². The van der Waals surface area contributed by atoms with E-state index >= 15 is 0 Å². The highest BCUT2D eigenvalue weighted by molar-refractivity contribution is 5.88. The third-order valence-corrected chi connectivity index (χ3v) is 4.31. The average molecular weight is 405 g/mol. The summed E-state index contributed by atoms with van der Waals surface area (Å²) in [5.41, 5.74) is 0.320. The van der Waals surface area contributed by atoms with Crippen molar-refractivity contribution in [2.75, 3.05) is 13.2 Å². The summed E-state index contributed by atoms with van der Waals surface area (Å²) < 4.78 is 17.2. The molecule has 0 heterocycles. The molecule has 0 saturated carbocycles. The van der Waals surface area contributed by atoms with Gasteiger partial charge in [-0.2, -0.15) is 0 Å². The fourth-order valence-corrected chi connectivity index (χ4v) is 2.80. The third kappa shape index (κ3) is 12.2. The van der Waals surface area contributed by atoms with Crippen LogP contribution in [0.25, 0.3) is 6.08 Å². The highest BCUT2D eigenvalue weighted by Crippen LogP contribution is 2.26. The molecule has 0 amide bonds. The first-order valence-electron chi connectivity index (χ1n) is 11.2. The van der Waals surface area contributed by atoms with Crippen molar-refractivity contribution >= 4 is 12.0 Å². The van der Waals surface area contributed by atoms with Gasteiger partial charge in [-0.1, -0.05) is 52.4 Å². The van der Waals surface area contributed by atoms with Crippen molar-refractivity contribution in [3.05, 3.63) is 29.8 Å². The number of hydrogen-bond donors (Lipinski definition) is 0. The molecule has 0 unspecified atom stereocenters. The highest BCUT2D eigenvalue weighted by atomic mass is 16.6. The van der Waals surface area contributed by atoms with Gasteiger partial charge in [-0.3, -0.25) is 0 Å². The molecule has 29 heavy (non-hydrogen) atoms. The summed E-state index contributed by atoms with van der Waals surface area (Å²) in [4.78, 5) is 12.1. The number of hydrogen-bond acceptors (Lipinski definition) is 4. The predicted molar refractivity (Wildman–Crippen MR) is 121 cm³/mol. The van der Waals surface area contributed by atoms with E-state index in [1.807, 2.05) is 39.0 Å².